The zero-order valence-corrected chi connectivity index (χ0v) is 13.8. The first-order valence-corrected chi connectivity index (χ1v) is 8.33. The normalized spacial score (nSPS) is 10.5. The molecule has 3 aromatic carbocycles. The SMILES string of the molecule is Cc1ccc(Sc2ccc(OCc3ccccc3)cc2N)cc1. The molecule has 0 heterocycles. The summed E-state index contributed by atoms with van der Waals surface area (Å²) < 4.78 is 5.80. The molecule has 0 amide bonds. The molecule has 2 N–H and O–H groups in total. The summed E-state index contributed by atoms with van der Waals surface area (Å²) in [5, 5.41) is 0. The number of aryl methyl sites for hydroxylation is 1. The van der Waals surface area contributed by atoms with Gasteiger partial charge < -0.3 is 10.5 Å². The maximum atomic E-state index is 6.17. The first-order chi connectivity index (χ1) is 11.2. The Hall–Kier alpha value is -2.39. The molecule has 0 unspecified atom stereocenters. The van der Waals surface area contributed by atoms with Crippen LogP contribution in [0.2, 0.25) is 0 Å². The summed E-state index contributed by atoms with van der Waals surface area (Å²) in [7, 11) is 0. The smallest absolute Gasteiger partial charge is 0.121 e. The maximum Gasteiger partial charge on any atom is 0.121 e. The van der Waals surface area contributed by atoms with Gasteiger partial charge >= 0.3 is 0 Å². The zero-order valence-electron chi connectivity index (χ0n) is 13.0. The predicted octanol–water partition coefficient (Wildman–Crippen LogP) is 5.31. The van der Waals surface area contributed by atoms with E-state index in [1.807, 2.05) is 48.5 Å². The molecule has 0 aromatic heterocycles. The highest BCUT2D eigenvalue weighted by atomic mass is 32.2. The van der Waals surface area contributed by atoms with E-state index in [0.717, 1.165) is 21.9 Å². The molecule has 0 aliphatic carbocycles. The van der Waals surface area contributed by atoms with Gasteiger partial charge in [-0.15, -0.1) is 0 Å². The van der Waals surface area contributed by atoms with Crippen LogP contribution in [-0.2, 0) is 6.61 Å². The van der Waals surface area contributed by atoms with Gasteiger partial charge in [0.1, 0.15) is 12.4 Å². The molecule has 0 fully saturated rings. The van der Waals surface area contributed by atoms with Crippen LogP contribution in [0.15, 0.2) is 82.6 Å². The summed E-state index contributed by atoms with van der Waals surface area (Å²) in [6.45, 7) is 2.63. The minimum absolute atomic E-state index is 0.546. The Morgan fingerprint density at radius 3 is 2.35 bits per heavy atom. The topological polar surface area (TPSA) is 35.2 Å². The standard InChI is InChI=1S/C20H19NOS/c1-15-7-10-18(11-8-15)23-20-12-9-17(13-19(20)21)22-14-16-5-3-2-4-6-16/h2-13H,14,21H2,1H3. The molecule has 0 aliphatic heterocycles. The third-order valence-corrected chi connectivity index (χ3v) is 4.58. The number of benzene rings is 3. The molecule has 0 spiro atoms. The van der Waals surface area contributed by atoms with Crippen molar-refractivity contribution in [3.8, 4) is 5.75 Å². The fraction of sp³-hybridized carbons (Fsp3) is 0.100. The lowest BCUT2D eigenvalue weighted by Gasteiger charge is -2.10. The van der Waals surface area contributed by atoms with E-state index < -0.39 is 0 Å². The van der Waals surface area contributed by atoms with Gasteiger partial charge in [0, 0.05) is 21.5 Å². The molecule has 23 heavy (non-hydrogen) atoms. The van der Waals surface area contributed by atoms with E-state index in [9.17, 15) is 0 Å². The van der Waals surface area contributed by atoms with E-state index in [1.54, 1.807) is 11.8 Å². The lowest BCUT2D eigenvalue weighted by atomic mass is 10.2. The summed E-state index contributed by atoms with van der Waals surface area (Å²) in [4.78, 5) is 2.22. The van der Waals surface area contributed by atoms with Crippen molar-refractivity contribution in [2.75, 3.05) is 5.73 Å². The molecule has 3 aromatic rings. The molecule has 0 saturated carbocycles. The Morgan fingerprint density at radius 1 is 0.913 bits per heavy atom. The first-order valence-electron chi connectivity index (χ1n) is 7.51. The van der Waals surface area contributed by atoms with Gasteiger partial charge in [-0.2, -0.15) is 0 Å². The van der Waals surface area contributed by atoms with Crippen molar-refractivity contribution in [2.45, 2.75) is 23.3 Å². The number of ether oxygens (including phenoxy) is 1. The molecule has 116 valence electrons. The average molecular weight is 321 g/mol. The van der Waals surface area contributed by atoms with Gasteiger partial charge in [-0.1, -0.05) is 59.8 Å². The monoisotopic (exact) mass is 321 g/mol. The van der Waals surface area contributed by atoms with Gasteiger partial charge in [0.25, 0.3) is 0 Å². The molecule has 0 aliphatic rings. The van der Waals surface area contributed by atoms with Crippen molar-refractivity contribution in [1.29, 1.82) is 0 Å². The second-order valence-electron chi connectivity index (χ2n) is 5.39. The van der Waals surface area contributed by atoms with Gasteiger partial charge in [0.2, 0.25) is 0 Å². The summed E-state index contributed by atoms with van der Waals surface area (Å²) >= 11 is 1.67. The molecule has 0 atom stereocenters. The summed E-state index contributed by atoms with van der Waals surface area (Å²) in [5.41, 5.74) is 9.30. The third-order valence-electron chi connectivity index (χ3n) is 3.48. The van der Waals surface area contributed by atoms with Gasteiger partial charge in [-0.3, -0.25) is 0 Å². The highest BCUT2D eigenvalue weighted by Crippen LogP contribution is 2.34. The summed E-state index contributed by atoms with van der Waals surface area (Å²) in [5.74, 6) is 0.791. The van der Waals surface area contributed by atoms with Crippen molar-refractivity contribution >= 4 is 17.4 Å². The maximum absolute atomic E-state index is 6.17. The number of nitrogen functional groups attached to an aromatic ring is 1. The average Bonchev–Trinajstić information content (AvgIpc) is 2.58. The van der Waals surface area contributed by atoms with Crippen molar-refractivity contribution < 1.29 is 4.74 Å². The first kappa shape index (κ1) is 15.5. The number of hydrogen-bond acceptors (Lipinski definition) is 3. The fourth-order valence-electron chi connectivity index (χ4n) is 2.18. The van der Waals surface area contributed by atoms with Crippen LogP contribution < -0.4 is 10.5 Å². The Kier molecular flexibility index (Phi) is 4.89. The predicted molar refractivity (Wildman–Crippen MR) is 96.9 cm³/mol. The van der Waals surface area contributed by atoms with E-state index in [-0.39, 0.29) is 0 Å². The zero-order chi connectivity index (χ0) is 16.1. The molecular weight excluding hydrogens is 302 g/mol. The van der Waals surface area contributed by atoms with Crippen LogP contribution in [-0.4, -0.2) is 0 Å². The van der Waals surface area contributed by atoms with Crippen molar-refractivity contribution in [2.24, 2.45) is 0 Å². The summed E-state index contributed by atoms with van der Waals surface area (Å²) in [6.07, 6.45) is 0. The molecule has 2 nitrogen and oxygen atoms in total. The Bertz CT molecular complexity index is 769. The Balaban J connectivity index is 1.67. The van der Waals surface area contributed by atoms with E-state index in [0.29, 0.717) is 6.61 Å². The van der Waals surface area contributed by atoms with E-state index in [2.05, 4.69) is 31.2 Å². The Morgan fingerprint density at radius 2 is 1.65 bits per heavy atom. The molecule has 0 saturated heterocycles. The molecule has 3 heteroatoms. The lowest BCUT2D eigenvalue weighted by molar-refractivity contribution is 0.306. The van der Waals surface area contributed by atoms with Crippen LogP contribution in [0.1, 0.15) is 11.1 Å². The van der Waals surface area contributed by atoms with E-state index >= 15 is 0 Å². The van der Waals surface area contributed by atoms with Gasteiger partial charge in [0.15, 0.2) is 0 Å². The minimum atomic E-state index is 0.546. The second-order valence-corrected chi connectivity index (χ2v) is 6.50. The molecule has 0 radical (unpaired) electrons. The van der Waals surface area contributed by atoms with Crippen LogP contribution >= 0.6 is 11.8 Å². The quantitative estimate of drug-likeness (QED) is 0.647. The van der Waals surface area contributed by atoms with Crippen molar-refractivity contribution in [3.63, 3.8) is 0 Å². The van der Waals surface area contributed by atoms with Crippen LogP contribution in [0.4, 0.5) is 5.69 Å². The largest absolute Gasteiger partial charge is 0.489 e. The number of anilines is 1. The van der Waals surface area contributed by atoms with Crippen LogP contribution in [0.3, 0.4) is 0 Å². The summed E-state index contributed by atoms with van der Waals surface area (Å²) in [6, 6.07) is 24.4. The van der Waals surface area contributed by atoms with Gasteiger partial charge in [0.05, 0.1) is 0 Å². The fourth-order valence-corrected chi connectivity index (χ4v) is 3.02. The number of hydrogen-bond donors (Lipinski definition) is 1. The van der Waals surface area contributed by atoms with Crippen molar-refractivity contribution in [3.05, 3.63) is 83.9 Å². The minimum Gasteiger partial charge on any atom is -0.489 e. The number of nitrogens with two attached hydrogens (primary N) is 1. The van der Waals surface area contributed by atoms with Crippen LogP contribution in [0.25, 0.3) is 0 Å². The molecule has 3 rings (SSSR count). The Labute approximate surface area is 141 Å². The molecular formula is C20H19NOS. The van der Waals surface area contributed by atoms with Gasteiger partial charge in [-0.05, 0) is 36.8 Å². The number of rotatable bonds is 5. The van der Waals surface area contributed by atoms with E-state index in [1.165, 1.54) is 10.5 Å². The second kappa shape index (κ2) is 7.25. The highest BCUT2D eigenvalue weighted by Gasteiger charge is 2.04. The van der Waals surface area contributed by atoms with Crippen LogP contribution in [0, 0.1) is 6.92 Å². The van der Waals surface area contributed by atoms with E-state index in [4.69, 9.17) is 10.5 Å². The third kappa shape index (κ3) is 4.30. The molecule has 0 bridgehead atoms. The van der Waals surface area contributed by atoms with Crippen molar-refractivity contribution in [1.82, 2.24) is 0 Å². The van der Waals surface area contributed by atoms with Crippen LogP contribution in [0.5, 0.6) is 5.75 Å². The highest BCUT2D eigenvalue weighted by molar-refractivity contribution is 7.99. The van der Waals surface area contributed by atoms with Gasteiger partial charge in [-0.25, -0.2) is 0 Å². The lowest BCUT2D eigenvalue weighted by Crippen LogP contribution is -1.96.